The van der Waals surface area contributed by atoms with Crippen molar-refractivity contribution in [1.82, 2.24) is 0 Å². The third-order valence-electron chi connectivity index (χ3n) is 4.03. The van der Waals surface area contributed by atoms with E-state index in [4.69, 9.17) is 10.00 Å². The topological polar surface area (TPSA) is 84.2 Å². The van der Waals surface area contributed by atoms with E-state index in [9.17, 15) is 13.2 Å². The molecule has 1 rings (SSSR count). The third-order valence-corrected chi connectivity index (χ3v) is 6.24. The third kappa shape index (κ3) is 5.07. The molecule has 6 heteroatoms. The van der Waals surface area contributed by atoms with Gasteiger partial charge >= 0.3 is 5.97 Å². The summed E-state index contributed by atoms with van der Waals surface area (Å²) in [4.78, 5) is 12.2. The minimum atomic E-state index is -3.62. The molecule has 0 N–H and O–H groups in total. The molecule has 0 saturated heterocycles. The number of sulfone groups is 1. The van der Waals surface area contributed by atoms with Crippen LogP contribution in [0.15, 0.2) is 29.2 Å². The Labute approximate surface area is 144 Å². The van der Waals surface area contributed by atoms with Gasteiger partial charge in [-0.2, -0.15) is 5.26 Å². The van der Waals surface area contributed by atoms with E-state index in [2.05, 4.69) is 0 Å². The van der Waals surface area contributed by atoms with E-state index in [-0.39, 0.29) is 30.3 Å². The second kappa shape index (κ2) is 8.29. The molecule has 1 aromatic rings. The van der Waals surface area contributed by atoms with Gasteiger partial charge in [0.25, 0.3) is 0 Å². The molecule has 1 aromatic carbocycles. The number of hydrogen-bond acceptors (Lipinski definition) is 5. The highest BCUT2D eigenvalue weighted by atomic mass is 32.2. The van der Waals surface area contributed by atoms with E-state index in [1.54, 1.807) is 45.0 Å². The number of nitrogens with zero attached hydrogens (tertiary/aromatic N) is 1. The zero-order valence-electron chi connectivity index (χ0n) is 14.7. The van der Waals surface area contributed by atoms with Crippen LogP contribution in [-0.4, -0.2) is 26.2 Å². The fourth-order valence-electron chi connectivity index (χ4n) is 2.34. The molecule has 0 aliphatic heterocycles. The number of aryl methyl sites for hydroxylation is 1. The first kappa shape index (κ1) is 20.2. The van der Waals surface area contributed by atoms with Crippen LogP contribution < -0.4 is 0 Å². The molecule has 0 amide bonds. The number of nitriles is 1. The van der Waals surface area contributed by atoms with Gasteiger partial charge in [0.15, 0.2) is 9.84 Å². The van der Waals surface area contributed by atoms with Gasteiger partial charge in [0.2, 0.25) is 0 Å². The number of esters is 1. The van der Waals surface area contributed by atoms with Crippen molar-refractivity contribution in [1.29, 1.82) is 5.26 Å². The van der Waals surface area contributed by atoms with Gasteiger partial charge < -0.3 is 4.74 Å². The molecule has 1 atom stereocenters. The standard InChI is InChI=1S/C18H25NO4S/c1-5-23-17(20)18(3,4)12-10-16(11-13-19)24(21,22)15-8-6-14(2)7-9-15/h6-9,16H,5,10-12H2,1-4H3. The van der Waals surface area contributed by atoms with Gasteiger partial charge in [-0.1, -0.05) is 17.7 Å². The van der Waals surface area contributed by atoms with E-state index in [0.29, 0.717) is 6.42 Å². The average Bonchev–Trinajstić information content (AvgIpc) is 2.52. The van der Waals surface area contributed by atoms with Crippen LogP contribution in [0.25, 0.3) is 0 Å². The summed E-state index contributed by atoms with van der Waals surface area (Å²) in [6.45, 7) is 7.35. The number of carbonyl (C=O) groups excluding carboxylic acids is 1. The first-order valence-electron chi connectivity index (χ1n) is 8.00. The molecular weight excluding hydrogens is 326 g/mol. The maximum atomic E-state index is 12.8. The second-order valence-corrected chi connectivity index (χ2v) is 8.71. The molecule has 24 heavy (non-hydrogen) atoms. The Morgan fingerprint density at radius 2 is 1.88 bits per heavy atom. The zero-order chi connectivity index (χ0) is 18.4. The maximum absolute atomic E-state index is 12.8. The first-order chi connectivity index (χ1) is 11.1. The fourth-order valence-corrected chi connectivity index (χ4v) is 3.96. The van der Waals surface area contributed by atoms with Crippen LogP contribution >= 0.6 is 0 Å². The molecule has 0 aliphatic carbocycles. The second-order valence-electron chi connectivity index (χ2n) is 6.49. The minimum absolute atomic E-state index is 0.102. The van der Waals surface area contributed by atoms with Crippen LogP contribution in [0.2, 0.25) is 0 Å². The fraction of sp³-hybridized carbons (Fsp3) is 0.556. The summed E-state index contributed by atoms with van der Waals surface area (Å²) >= 11 is 0. The van der Waals surface area contributed by atoms with Gasteiger partial charge in [0, 0.05) is 0 Å². The monoisotopic (exact) mass is 351 g/mol. The van der Waals surface area contributed by atoms with Crippen molar-refractivity contribution in [2.75, 3.05) is 6.61 Å². The molecule has 5 nitrogen and oxygen atoms in total. The lowest BCUT2D eigenvalue weighted by Gasteiger charge is -2.24. The van der Waals surface area contributed by atoms with E-state index < -0.39 is 20.5 Å². The lowest BCUT2D eigenvalue weighted by atomic mass is 9.87. The van der Waals surface area contributed by atoms with Gasteiger partial charge in [-0.05, 0) is 52.7 Å². The molecule has 0 bridgehead atoms. The van der Waals surface area contributed by atoms with Gasteiger partial charge in [-0.25, -0.2) is 8.42 Å². The van der Waals surface area contributed by atoms with Crippen LogP contribution in [-0.2, 0) is 19.4 Å². The highest BCUT2D eigenvalue weighted by Gasteiger charge is 2.34. The van der Waals surface area contributed by atoms with Crippen LogP contribution in [0, 0.1) is 23.7 Å². The largest absolute Gasteiger partial charge is 0.466 e. The van der Waals surface area contributed by atoms with Crippen LogP contribution in [0.5, 0.6) is 0 Å². The highest BCUT2D eigenvalue weighted by Crippen LogP contribution is 2.30. The Morgan fingerprint density at radius 1 is 1.29 bits per heavy atom. The smallest absolute Gasteiger partial charge is 0.311 e. The average molecular weight is 351 g/mol. The molecule has 0 fully saturated rings. The Bertz CT molecular complexity index is 700. The van der Waals surface area contributed by atoms with E-state index >= 15 is 0 Å². The molecular formula is C18H25NO4S. The predicted molar refractivity (Wildman–Crippen MR) is 92.0 cm³/mol. The molecule has 0 spiro atoms. The van der Waals surface area contributed by atoms with Crippen molar-refractivity contribution in [2.24, 2.45) is 5.41 Å². The van der Waals surface area contributed by atoms with Gasteiger partial charge in [0.05, 0.1) is 34.7 Å². The zero-order valence-corrected chi connectivity index (χ0v) is 15.5. The number of rotatable bonds is 8. The van der Waals surface area contributed by atoms with E-state index in [1.165, 1.54) is 0 Å². The summed E-state index contributed by atoms with van der Waals surface area (Å²) in [6, 6.07) is 8.54. The van der Waals surface area contributed by atoms with Crippen molar-refractivity contribution < 1.29 is 17.9 Å². The molecule has 0 saturated carbocycles. The molecule has 1 unspecified atom stereocenters. The number of ether oxygens (including phenoxy) is 1. The number of carbonyl (C=O) groups is 1. The molecule has 132 valence electrons. The summed E-state index contributed by atoms with van der Waals surface area (Å²) < 4.78 is 30.6. The lowest BCUT2D eigenvalue weighted by Crippen LogP contribution is -2.30. The summed E-state index contributed by atoms with van der Waals surface area (Å²) in [5.41, 5.74) is 0.182. The van der Waals surface area contributed by atoms with Gasteiger partial charge in [0.1, 0.15) is 0 Å². The van der Waals surface area contributed by atoms with Crippen molar-refractivity contribution in [3.8, 4) is 6.07 Å². The van der Waals surface area contributed by atoms with Crippen LogP contribution in [0.3, 0.4) is 0 Å². The van der Waals surface area contributed by atoms with Crippen LogP contribution in [0.4, 0.5) is 0 Å². The SMILES string of the molecule is CCOC(=O)C(C)(C)CCC(CC#N)S(=O)(=O)c1ccc(C)cc1. The van der Waals surface area contributed by atoms with Crippen LogP contribution in [0.1, 0.15) is 45.6 Å². The number of benzene rings is 1. The highest BCUT2D eigenvalue weighted by molar-refractivity contribution is 7.92. The molecule has 0 aliphatic rings. The maximum Gasteiger partial charge on any atom is 0.311 e. The molecule has 0 aromatic heterocycles. The summed E-state index contributed by atoms with van der Waals surface area (Å²) in [5, 5.41) is 8.17. The van der Waals surface area contributed by atoms with E-state index in [1.807, 2.05) is 13.0 Å². The Hall–Kier alpha value is -1.87. The Kier molecular flexibility index (Phi) is 6.97. The predicted octanol–water partition coefficient (Wildman–Crippen LogP) is 3.42. The van der Waals surface area contributed by atoms with Gasteiger partial charge in [-0.3, -0.25) is 4.79 Å². The Morgan fingerprint density at radius 3 is 2.38 bits per heavy atom. The first-order valence-corrected chi connectivity index (χ1v) is 9.54. The van der Waals surface area contributed by atoms with Crippen molar-refractivity contribution >= 4 is 15.8 Å². The Balaban J connectivity index is 2.96. The quantitative estimate of drug-likeness (QED) is 0.670. The lowest BCUT2D eigenvalue weighted by molar-refractivity contribution is -0.153. The van der Waals surface area contributed by atoms with Gasteiger partial charge in [-0.15, -0.1) is 0 Å². The number of hydrogen-bond donors (Lipinski definition) is 0. The minimum Gasteiger partial charge on any atom is -0.466 e. The summed E-state index contributed by atoms with van der Waals surface area (Å²) in [7, 11) is -3.62. The summed E-state index contributed by atoms with van der Waals surface area (Å²) in [5.74, 6) is -0.353. The van der Waals surface area contributed by atoms with Crippen molar-refractivity contribution in [3.63, 3.8) is 0 Å². The molecule has 0 radical (unpaired) electrons. The van der Waals surface area contributed by atoms with Crippen molar-refractivity contribution in [2.45, 2.75) is 57.1 Å². The van der Waals surface area contributed by atoms with Crippen molar-refractivity contribution in [3.05, 3.63) is 29.8 Å². The van der Waals surface area contributed by atoms with E-state index in [0.717, 1.165) is 5.56 Å². The normalized spacial score (nSPS) is 13.1. The summed E-state index contributed by atoms with van der Waals surface area (Å²) in [6.07, 6.45) is 0.466. The molecule has 0 heterocycles.